The van der Waals surface area contributed by atoms with E-state index in [0.29, 0.717) is 0 Å². The highest BCUT2D eigenvalue weighted by Crippen LogP contribution is 2.28. The van der Waals surface area contributed by atoms with E-state index < -0.39 is 0 Å². The summed E-state index contributed by atoms with van der Waals surface area (Å²) >= 11 is 5.91. The van der Waals surface area contributed by atoms with Crippen molar-refractivity contribution in [3.05, 3.63) is 0 Å². The average Bonchev–Trinajstić information content (AvgIpc) is 2.27. The summed E-state index contributed by atoms with van der Waals surface area (Å²) in [5.41, 5.74) is 0. The van der Waals surface area contributed by atoms with E-state index >= 15 is 0 Å². The van der Waals surface area contributed by atoms with Crippen molar-refractivity contribution in [2.24, 2.45) is 0 Å². The lowest BCUT2D eigenvalue weighted by Gasteiger charge is -2.25. The normalized spacial score (nSPS) is 42.6. The zero-order valence-electron chi connectivity index (χ0n) is 6.05. The average molecular weight is 176 g/mol. The summed E-state index contributed by atoms with van der Waals surface area (Å²) in [6, 6.07) is 0.220. The van der Waals surface area contributed by atoms with E-state index in [2.05, 4.69) is 5.32 Å². The lowest BCUT2D eigenvalue weighted by atomic mass is 9.93. The first-order valence-electron chi connectivity index (χ1n) is 3.87. The summed E-state index contributed by atoms with van der Waals surface area (Å²) in [6.07, 6.45) is 2.46. The van der Waals surface area contributed by atoms with Crippen molar-refractivity contribution in [1.29, 1.82) is 0 Å². The number of carbonyl (C=O) groups is 1. The second kappa shape index (κ2) is 2.55. The minimum atomic E-state index is -0.286. The number of alkyl halides is 1. The zero-order chi connectivity index (χ0) is 7.84. The first kappa shape index (κ1) is 7.22. The van der Waals surface area contributed by atoms with Gasteiger partial charge in [0, 0.05) is 11.8 Å². The van der Waals surface area contributed by atoms with Crippen molar-refractivity contribution < 1.29 is 9.53 Å². The molecule has 1 N–H and O–H groups in total. The Hall–Kier alpha value is -0.440. The molecule has 2 aliphatic rings. The van der Waals surface area contributed by atoms with Gasteiger partial charge in [-0.3, -0.25) is 0 Å². The summed E-state index contributed by atoms with van der Waals surface area (Å²) in [5, 5.41) is 2.94. The van der Waals surface area contributed by atoms with Gasteiger partial charge in [0.15, 0.2) is 0 Å². The topological polar surface area (TPSA) is 38.3 Å². The molecule has 0 aromatic heterocycles. The van der Waals surface area contributed by atoms with Crippen LogP contribution in [0.15, 0.2) is 0 Å². The number of hydrogen-bond acceptors (Lipinski definition) is 2. The first-order chi connectivity index (χ1) is 5.25. The number of amides is 1. The molecule has 1 saturated carbocycles. The SMILES string of the molecule is O=C1NC2CCC(Cl)CC2O1. The molecular weight excluding hydrogens is 166 g/mol. The summed E-state index contributed by atoms with van der Waals surface area (Å²) in [7, 11) is 0. The molecule has 1 aliphatic carbocycles. The van der Waals surface area contributed by atoms with Crippen molar-refractivity contribution in [3.8, 4) is 0 Å². The molecule has 11 heavy (non-hydrogen) atoms. The smallest absolute Gasteiger partial charge is 0.407 e. The highest BCUT2D eigenvalue weighted by Gasteiger charge is 2.38. The van der Waals surface area contributed by atoms with Crippen LogP contribution in [0.25, 0.3) is 0 Å². The quantitative estimate of drug-likeness (QED) is 0.563. The molecule has 2 rings (SSSR count). The standard InChI is InChI=1S/C7H10ClNO2/c8-4-1-2-5-6(3-4)11-7(10)9-5/h4-6H,1-3H2,(H,9,10). The zero-order valence-corrected chi connectivity index (χ0v) is 6.80. The van der Waals surface area contributed by atoms with Crippen LogP contribution in [0.2, 0.25) is 0 Å². The Labute approximate surface area is 70.0 Å². The van der Waals surface area contributed by atoms with E-state index in [9.17, 15) is 4.79 Å². The molecule has 0 aromatic carbocycles. The third-order valence-corrected chi connectivity index (χ3v) is 2.69. The van der Waals surface area contributed by atoms with Gasteiger partial charge in [-0.25, -0.2) is 4.79 Å². The Balaban J connectivity index is 2.02. The molecule has 2 fully saturated rings. The molecule has 4 heteroatoms. The molecule has 3 unspecified atom stereocenters. The Morgan fingerprint density at radius 3 is 3.18 bits per heavy atom. The Morgan fingerprint density at radius 1 is 1.55 bits per heavy atom. The largest absolute Gasteiger partial charge is 0.444 e. The van der Waals surface area contributed by atoms with Crippen LogP contribution in [0.1, 0.15) is 19.3 Å². The molecule has 0 bridgehead atoms. The first-order valence-corrected chi connectivity index (χ1v) is 4.30. The van der Waals surface area contributed by atoms with E-state index in [4.69, 9.17) is 16.3 Å². The van der Waals surface area contributed by atoms with Crippen LogP contribution in [-0.2, 0) is 4.74 Å². The van der Waals surface area contributed by atoms with E-state index in [1.807, 2.05) is 0 Å². The van der Waals surface area contributed by atoms with Gasteiger partial charge in [-0.05, 0) is 12.8 Å². The Bertz CT molecular complexity index is 185. The summed E-state index contributed by atoms with van der Waals surface area (Å²) in [4.78, 5) is 10.7. The van der Waals surface area contributed by atoms with Crippen LogP contribution in [0.4, 0.5) is 4.79 Å². The van der Waals surface area contributed by atoms with Crippen molar-refractivity contribution in [2.75, 3.05) is 0 Å². The maximum Gasteiger partial charge on any atom is 0.407 e. The predicted molar refractivity (Wildman–Crippen MR) is 40.7 cm³/mol. The minimum Gasteiger partial charge on any atom is -0.444 e. The van der Waals surface area contributed by atoms with Crippen molar-refractivity contribution in [2.45, 2.75) is 36.8 Å². The molecule has 1 saturated heterocycles. The highest BCUT2D eigenvalue weighted by atomic mass is 35.5. The summed E-state index contributed by atoms with van der Waals surface area (Å²) < 4.78 is 5.00. The fourth-order valence-electron chi connectivity index (χ4n) is 1.70. The van der Waals surface area contributed by atoms with Crippen LogP contribution in [0.3, 0.4) is 0 Å². The van der Waals surface area contributed by atoms with Gasteiger partial charge >= 0.3 is 6.09 Å². The molecule has 3 atom stereocenters. The fourth-order valence-corrected chi connectivity index (χ4v) is 2.00. The summed E-state index contributed by atoms with van der Waals surface area (Å²) in [6.45, 7) is 0. The Morgan fingerprint density at radius 2 is 2.36 bits per heavy atom. The van der Waals surface area contributed by atoms with Gasteiger partial charge < -0.3 is 10.1 Å². The maximum atomic E-state index is 10.7. The molecule has 0 spiro atoms. The Kier molecular flexibility index (Phi) is 1.68. The molecule has 1 heterocycles. The van der Waals surface area contributed by atoms with Crippen molar-refractivity contribution in [1.82, 2.24) is 5.32 Å². The number of hydrogen-bond donors (Lipinski definition) is 1. The van der Waals surface area contributed by atoms with Gasteiger partial charge in [-0.1, -0.05) is 0 Å². The number of carbonyl (C=O) groups excluding carboxylic acids is 1. The van der Waals surface area contributed by atoms with E-state index in [-0.39, 0.29) is 23.6 Å². The molecule has 1 aliphatic heterocycles. The summed E-state index contributed by atoms with van der Waals surface area (Å²) in [5.74, 6) is 0. The number of halogens is 1. The fraction of sp³-hybridized carbons (Fsp3) is 0.857. The number of nitrogens with one attached hydrogen (secondary N) is 1. The number of alkyl carbamates (subject to hydrolysis) is 1. The third kappa shape index (κ3) is 1.29. The van der Waals surface area contributed by atoms with E-state index in [1.165, 1.54) is 0 Å². The van der Waals surface area contributed by atoms with Crippen molar-refractivity contribution in [3.63, 3.8) is 0 Å². The molecule has 0 aromatic rings. The van der Waals surface area contributed by atoms with Crippen molar-refractivity contribution >= 4 is 17.7 Å². The van der Waals surface area contributed by atoms with E-state index in [0.717, 1.165) is 19.3 Å². The van der Waals surface area contributed by atoms with Gasteiger partial charge in [0.25, 0.3) is 0 Å². The van der Waals surface area contributed by atoms with Gasteiger partial charge in [-0.2, -0.15) is 0 Å². The molecule has 1 amide bonds. The second-order valence-electron chi connectivity index (χ2n) is 3.10. The number of ether oxygens (including phenoxy) is 1. The van der Waals surface area contributed by atoms with Crippen LogP contribution in [-0.4, -0.2) is 23.6 Å². The predicted octanol–water partition coefficient (Wildman–Crippen LogP) is 1.25. The van der Waals surface area contributed by atoms with Gasteiger partial charge in [0.1, 0.15) is 6.10 Å². The molecule has 3 nitrogen and oxygen atoms in total. The van der Waals surface area contributed by atoms with Crippen LogP contribution < -0.4 is 5.32 Å². The van der Waals surface area contributed by atoms with Crippen LogP contribution in [0.5, 0.6) is 0 Å². The molecule has 62 valence electrons. The second-order valence-corrected chi connectivity index (χ2v) is 3.72. The van der Waals surface area contributed by atoms with E-state index in [1.54, 1.807) is 0 Å². The lowest BCUT2D eigenvalue weighted by molar-refractivity contribution is 0.114. The van der Waals surface area contributed by atoms with Crippen LogP contribution >= 0.6 is 11.6 Å². The van der Waals surface area contributed by atoms with Gasteiger partial charge in [-0.15, -0.1) is 11.6 Å². The van der Waals surface area contributed by atoms with Crippen LogP contribution in [0, 0.1) is 0 Å². The molecular formula is C7H10ClNO2. The monoisotopic (exact) mass is 175 g/mol. The number of rotatable bonds is 0. The molecule has 0 radical (unpaired) electrons. The minimum absolute atomic E-state index is 0.0266. The lowest BCUT2D eigenvalue weighted by Crippen LogP contribution is -2.37. The third-order valence-electron chi connectivity index (χ3n) is 2.29. The maximum absolute atomic E-state index is 10.7. The highest BCUT2D eigenvalue weighted by molar-refractivity contribution is 6.20. The number of fused-ring (bicyclic) bond motifs is 1. The van der Waals surface area contributed by atoms with Gasteiger partial charge in [0.05, 0.1) is 6.04 Å². The van der Waals surface area contributed by atoms with Gasteiger partial charge in [0.2, 0.25) is 0 Å².